The van der Waals surface area contributed by atoms with E-state index in [2.05, 4.69) is 4.72 Å². The standard InChI is InChI=1S/C21H24N2O5S/c24-20(28-16-17-9-3-1-4-10-17)15-23-14-8-7-13-19(21(23)25)22-29(26,27)18-11-5-2-6-12-18/h1-6,9-12,19,22H,7-8,13-16H2/t19-/m0/s1. The lowest BCUT2D eigenvalue weighted by molar-refractivity contribution is -0.150. The molecule has 1 amide bonds. The van der Waals surface area contributed by atoms with Gasteiger partial charge in [-0.15, -0.1) is 0 Å². The Labute approximate surface area is 170 Å². The van der Waals surface area contributed by atoms with Crippen LogP contribution in [0.2, 0.25) is 0 Å². The van der Waals surface area contributed by atoms with Crippen molar-refractivity contribution in [2.75, 3.05) is 13.1 Å². The molecule has 1 N–H and O–H groups in total. The van der Waals surface area contributed by atoms with Gasteiger partial charge in [-0.1, -0.05) is 48.5 Å². The summed E-state index contributed by atoms with van der Waals surface area (Å²) in [7, 11) is -3.82. The fourth-order valence-corrected chi connectivity index (χ4v) is 4.41. The number of nitrogens with zero attached hydrogens (tertiary/aromatic N) is 1. The van der Waals surface area contributed by atoms with Gasteiger partial charge in [-0.2, -0.15) is 4.72 Å². The summed E-state index contributed by atoms with van der Waals surface area (Å²) in [5.41, 5.74) is 0.858. The summed E-state index contributed by atoms with van der Waals surface area (Å²) in [6, 6.07) is 16.3. The van der Waals surface area contributed by atoms with Gasteiger partial charge in [-0.3, -0.25) is 9.59 Å². The highest BCUT2D eigenvalue weighted by Gasteiger charge is 2.32. The van der Waals surface area contributed by atoms with Crippen molar-refractivity contribution in [2.24, 2.45) is 0 Å². The van der Waals surface area contributed by atoms with Crippen LogP contribution in [0.3, 0.4) is 0 Å². The van der Waals surface area contributed by atoms with E-state index in [1.165, 1.54) is 17.0 Å². The minimum absolute atomic E-state index is 0.103. The maximum Gasteiger partial charge on any atom is 0.325 e. The molecule has 1 saturated heterocycles. The third-order valence-corrected chi connectivity index (χ3v) is 6.18. The van der Waals surface area contributed by atoms with Crippen LogP contribution in [0.4, 0.5) is 0 Å². The van der Waals surface area contributed by atoms with E-state index in [9.17, 15) is 18.0 Å². The van der Waals surface area contributed by atoms with Crippen LogP contribution >= 0.6 is 0 Å². The molecule has 0 aliphatic carbocycles. The summed E-state index contributed by atoms with van der Waals surface area (Å²) in [4.78, 5) is 26.5. The molecule has 1 aliphatic rings. The van der Waals surface area contributed by atoms with Crippen LogP contribution in [-0.4, -0.2) is 44.3 Å². The Kier molecular flexibility index (Phi) is 7.00. The van der Waals surface area contributed by atoms with Gasteiger partial charge in [0.25, 0.3) is 0 Å². The second-order valence-corrected chi connectivity index (χ2v) is 8.60. The molecule has 1 aliphatic heterocycles. The Balaban J connectivity index is 1.61. The Morgan fingerprint density at radius 2 is 1.69 bits per heavy atom. The molecule has 1 atom stereocenters. The van der Waals surface area contributed by atoms with Crippen LogP contribution in [-0.2, 0) is 31.0 Å². The molecule has 1 heterocycles. The number of sulfonamides is 1. The molecular weight excluding hydrogens is 392 g/mol. The Morgan fingerprint density at radius 1 is 1.03 bits per heavy atom. The summed E-state index contributed by atoms with van der Waals surface area (Å²) in [6.07, 6.45) is 1.77. The number of benzene rings is 2. The first-order chi connectivity index (χ1) is 14.0. The lowest BCUT2D eigenvalue weighted by atomic mass is 10.1. The first-order valence-electron chi connectivity index (χ1n) is 9.51. The number of carbonyl (C=O) groups is 2. The Bertz CT molecular complexity index is 932. The fraction of sp³-hybridized carbons (Fsp3) is 0.333. The average molecular weight is 416 g/mol. The van der Waals surface area contributed by atoms with Gasteiger partial charge in [0.2, 0.25) is 15.9 Å². The van der Waals surface area contributed by atoms with Crippen molar-refractivity contribution in [3.05, 3.63) is 66.2 Å². The summed E-state index contributed by atoms with van der Waals surface area (Å²) in [5.74, 6) is -0.924. The third-order valence-electron chi connectivity index (χ3n) is 4.69. The average Bonchev–Trinajstić information content (AvgIpc) is 2.89. The van der Waals surface area contributed by atoms with Crippen molar-refractivity contribution < 1.29 is 22.7 Å². The van der Waals surface area contributed by atoms with Crippen LogP contribution in [0, 0.1) is 0 Å². The van der Waals surface area contributed by atoms with Gasteiger partial charge in [0.05, 0.1) is 4.90 Å². The molecule has 0 spiro atoms. The van der Waals surface area contributed by atoms with Crippen molar-refractivity contribution in [1.29, 1.82) is 0 Å². The predicted octanol–water partition coefficient (Wildman–Crippen LogP) is 2.09. The van der Waals surface area contributed by atoms with Gasteiger partial charge in [0.1, 0.15) is 19.2 Å². The topological polar surface area (TPSA) is 92.8 Å². The summed E-state index contributed by atoms with van der Waals surface area (Å²) >= 11 is 0. The quantitative estimate of drug-likeness (QED) is 0.698. The van der Waals surface area contributed by atoms with Gasteiger partial charge >= 0.3 is 5.97 Å². The lowest BCUT2D eigenvalue weighted by Gasteiger charge is -2.24. The molecule has 0 radical (unpaired) electrons. The highest BCUT2D eigenvalue weighted by Crippen LogP contribution is 2.16. The highest BCUT2D eigenvalue weighted by atomic mass is 32.2. The zero-order chi connectivity index (χ0) is 20.7. The SMILES string of the molecule is O=C(CN1CCCC[C@H](NS(=O)(=O)c2ccccc2)C1=O)OCc1ccccc1. The van der Waals surface area contributed by atoms with Gasteiger partial charge in [0.15, 0.2) is 0 Å². The molecule has 1 fully saturated rings. The number of rotatable bonds is 7. The highest BCUT2D eigenvalue weighted by molar-refractivity contribution is 7.89. The predicted molar refractivity (Wildman–Crippen MR) is 107 cm³/mol. The van der Waals surface area contributed by atoms with E-state index in [4.69, 9.17) is 4.74 Å². The van der Waals surface area contributed by atoms with E-state index >= 15 is 0 Å². The molecule has 2 aromatic rings. The fourth-order valence-electron chi connectivity index (χ4n) is 3.17. The van der Waals surface area contributed by atoms with Crippen molar-refractivity contribution >= 4 is 21.9 Å². The summed E-state index contributed by atoms with van der Waals surface area (Å²) in [6.45, 7) is 0.323. The van der Waals surface area contributed by atoms with E-state index in [-0.39, 0.29) is 18.0 Å². The number of hydrogen-bond acceptors (Lipinski definition) is 5. The molecule has 2 aromatic carbocycles. The lowest BCUT2D eigenvalue weighted by Crippen LogP contribution is -2.48. The zero-order valence-electron chi connectivity index (χ0n) is 16.0. The molecule has 0 bridgehead atoms. The molecular formula is C21H24N2O5S. The number of amides is 1. The first-order valence-corrected chi connectivity index (χ1v) is 11.0. The van der Waals surface area contributed by atoms with Crippen molar-refractivity contribution in [3.8, 4) is 0 Å². The number of carbonyl (C=O) groups excluding carboxylic acids is 2. The smallest absolute Gasteiger partial charge is 0.325 e. The molecule has 0 saturated carbocycles. The summed E-state index contributed by atoms with van der Waals surface area (Å²) < 4.78 is 32.9. The number of hydrogen-bond donors (Lipinski definition) is 1. The maximum atomic E-state index is 12.9. The second kappa shape index (κ2) is 9.67. The number of esters is 1. The largest absolute Gasteiger partial charge is 0.459 e. The maximum absolute atomic E-state index is 12.9. The molecule has 0 unspecified atom stereocenters. The normalized spacial score (nSPS) is 17.6. The molecule has 29 heavy (non-hydrogen) atoms. The molecule has 154 valence electrons. The zero-order valence-corrected chi connectivity index (χ0v) is 16.8. The number of ether oxygens (including phenoxy) is 1. The Hall–Kier alpha value is -2.71. The van der Waals surface area contributed by atoms with Gasteiger partial charge in [-0.25, -0.2) is 8.42 Å². The van der Waals surface area contributed by atoms with Crippen LogP contribution in [0.1, 0.15) is 24.8 Å². The van der Waals surface area contributed by atoms with E-state index in [0.717, 1.165) is 5.56 Å². The molecule has 8 heteroatoms. The van der Waals surface area contributed by atoms with E-state index in [1.54, 1.807) is 18.2 Å². The van der Waals surface area contributed by atoms with Crippen LogP contribution in [0.15, 0.2) is 65.6 Å². The minimum Gasteiger partial charge on any atom is -0.459 e. The van der Waals surface area contributed by atoms with E-state index < -0.39 is 27.9 Å². The van der Waals surface area contributed by atoms with Crippen LogP contribution < -0.4 is 4.72 Å². The monoisotopic (exact) mass is 416 g/mol. The van der Waals surface area contributed by atoms with Crippen LogP contribution in [0.5, 0.6) is 0 Å². The van der Waals surface area contributed by atoms with Gasteiger partial charge in [0, 0.05) is 6.54 Å². The van der Waals surface area contributed by atoms with Gasteiger partial charge < -0.3 is 9.64 Å². The number of likely N-dealkylation sites (tertiary alicyclic amines) is 1. The van der Waals surface area contributed by atoms with Crippen molar-refractivity contribution in [2.45, 2.75) is 36.8 Å². The second-order valence-electron chi connectivity index (χ2n) is 6.89. The van der Waals surface area contributed by atoms with Crippen LogP contribution in [0.25, 0.3) is 0 Å². The van der Waals surface area contributed by atoms with E-state index in [0.29, 0.717) is 25.8 Å². The number of nitrogens with one attached hydrogen (secondary N) is 1. The van der Waals surface area contributed by atoms with Gasteiger partial charge in [-0.05, 0) is 37.0 Å². The van der Waals surface area contributed by atoms with Crippen molar-refractivity contribution in [1.82, 2.24) is 9.62 Å². The first kappa shape index (κ1) is 21.0. The molecule has 3 rings (SSSR count). The minimum atomic E-state index is -3.82. The van der Waals surface area contributed by atoms with Crippen molar-refractivity contribution in [3.63, 3.8) is 0 Å². The molecule has 0 aromatic heterocycles. The van der Waals surface area contributed by atoms with E-state index in [1.807, 2.05) is 30.3 Å². The molecule has 7 nitrogen and oxygen atoms in total. The summed E-state index contributed by atoms with van der Waals surface area (Å²) in [5, 5.41) is 0. The third kappa shape index (κ3) is 5.88. The Morgan fingerprint density at radius 3 is 2.38 bits per heavy atom.